The average molecular weight is 235 g/mol. The highest BCUT2D eigenvalue weighted by molar-refractivity contribution is 5.73. The number of nitrogens with two attached hydrogens (primary N) is 1. The van der Waals surface area contributed by atoms with E-state index in [2.05, 4.69) is 0 Å². The first-order valence-electron chi connectivity index (χ1n) is 4.52. The summed E-state index contributed by atoms with van der Waals surface area (Å²) in [6.07, 6.45) is 0. The van der Waals surface area contributed by atoms with E-state index in [9.17, 15) is 14.4 Å². The van der Waals surface area contributed by atoms with E-state index in [-0.39, 0.29) is 13.1 Å². The van der Waals surface area contributed by atoms with Crippen LogP contribution in [0.15, 0.2) is 0 Å². The minimum atomic E-state index is -1.25. The highest BCUT2D eigenvalue weighted by Gasteiger charge is 2.35. The van der Waals surface area contributed by atoms with Crippen molar-refractivity contribution in [3.8, 4) is 0 Å². The molecule has 92 valence electrons. The lowest BCUT2D eigenvalue weighted by atomic mass is 10.3. The van der Waals surface area contributed by atoms with Crippen molar-refractivity contribution in [1.82, 2.24) is 0 Å². The van der Waals surface area contributed by atoms with E-state index in [1.54, 1.807) is 0 Å². The van der Waals surface area contributed by atoms with Crippen molar-refractivity contribution in [2.24, 2.45) is 5.73 Å². The Bertz CT molecular complexity index is 249. The summed E-state index contributed by atoms with van der Waals surface area (Å²) in [7, 11) is 0. The van der Waals surface area contributed by atoms with E-state index < -0.39 is 42.0 Å². The normalized spacial score (nSPS) is 11.1. The smallest absolute Gasteiger partial charge is 0.359 e. The third kappa shape index (κ3) is 5.27. The van der Waals surface area contributed by atoms with E-state index in [1.807, 2.05) is 0 Å². The van der Waals surface area contributed by atoms with Gasteiger partial charge in [0.25, 0.3) is 0 Å². The summed E-state index contributed by atoms with van der Waals surface area (Å²) < 4.78 is -0.587. The standard InChI is InChI=1S/C8H14N2O6/c9-1-2-10(3-6(11)12,4-7(13)14)5-8(15)16/h1-5,9H2,(H2-,11,12,13,14,15,16)/p+1. The van der Waals surface area contributed by atoms with Gasteiger partial charge >= 0.3 is 17.9 Å². The molecule has 0 fully saturated rings. The Labute approximate surface area is 91.5 Å². The first-order chi connectivity index (χ1) is 7.31. The third-order valence-corrected chi connectivity index (χ3v) is 2.02. The van der Waals surface area contributed by atoms with Gasteiger partial charge in [0.2, 0.25) is 0 Å². The molecule has 0 spiro atoms. The molecule has 5 N–H and O–H groups in total. The molecular weight excluding hydrogens is 220 g/mol. The number of quaternary nitrogens is 1. The van der Waals surface area contributed by atoms with Crippen LogP contribution >= 0.6 is 0 Å². The van der Waals surface area contributed by atoms with Gasteiger partial charge in [-0.2, -0.15) is 0 Å². The van der Waals surface area contributed by atoms with E-state index in [4.69, 9.17) is 21.1 Å². The lowest BCUT2D eigenvalue weighted by Gasteiger charge is -2.33. The molecule has 0 heterocycles. The van der Waals surface area contributed by atoms with Gasteiger partial charge < -0.3 is 21.1 Å². The molecule has 8 heteroatoms. The fourth-order valence-corrected chi connectivity index (χ4v) is 1.54. The molecule has 0 bridgehead atoms. The van der Waals surface area contributed by atoms with Crippen LogP contribution in [0.5, 0.6) is 0 Å². The first-order valence-corrected chi connectivity index (χ1v) is 4.52. The molecule has 0 saturated carbocycles. The molecule has 0 aliphatic heterocycles. The molecule has 0 aliphatic rings. The number of rotatable bonds is 8. The van der Waals surface area contributed by atoms with Gasteiger partial charge in [0.05, 0.1) is 6.54 Å². The maximum absolute atomic E-state index is 10.6. The van der Waals surface area contributed by atoms with Crippen LogP contribution in [0.2, 0.25) is 0 Å². The Balaban J connectivity index is 4.93. The average Bonchev–Trinajstić information content (AvgIpc) is 1.98. The van der Waals surface area contributed by atoms with Crippen LogP contribution < -0.4 is 5.73 Å². The van der Waals surface area contributed by atoms with Crippen molar-refractivity contribution < 1.29 is 34.2 Å². The summed E-state index contributed by atoms with van der Waals surface area (Å²) in [5.41, 5.74) is 5.25. The molecule has 8 nitrogen and oxygen atoms in total. The zero-order chi connectivity index (χ0) is 12.8. The predicted octanol–water partition coefficient (Wildman–Crippen LogP) is -1.98. The molecular formula is C8H15N2O6+. The van der Waals surface area contributed by atoms with Crippen LogP contribution in [-0.4, -0.2) is 70.4 Å². The van der Waals surface area contributed by atoms with Crippen LogP contribution in [0.4, 0.5) is 0 Å². The summed E-state index contributed by atoms with van der Waals surface area (Å²) in [6, 6.07) is 0. The maximum Gasteiger partial charge on any atom is 0.359 e. The summed E-state index contributed by atoms with van der Waals surface area (Å²) >= 11 is 0. The summed E-state index contributed by atoms with van der Waals surface area (Å²) in [6.45, 7) is -1.71. The fourth-order valence-electron chi connectivity index (χ4n) is 1.54. The van der Waals surface area contributed by atoms with Crippen LogP contribution in [0.25, 0.3) is 0 Å². The Hall–Kier alpha value is -1.67. The largest absolute Gasteiger partial charge is 0.477 e. The van der Waals surface area contributed by atoms with E-state index in [0.29, 0.717) is 0 Å². The second-order valence-corrected chi connectivity index (χ2v) is 3.51. The quantitative estimate of drug-likeness (QED) is 0.357. The summed E-state index contributed by atoms with van der Waals surface area (Å²) in [5, 5.41) is 26.0. The molecule has 0 atom stereocenters. The van der Waals surface area contributed by atoms with Gasteiger partial charge in [0.1, 0.15) is 0 Å². The van der Waals surface area contributed by atoms with Crippen molar-refractivity contribution in [1.29, 1.82) is 0 Å². The van der Waals surface area contributed by atoms with Crippen LogP contribution in [0.1, 0.15) is 0 Å². The zero-order valence-corrected chi connectivity index (χ0v) is 8.63. The number of carbonyl (C=O) groups is 3. The molecule has 16 heavy (non-hydrogen) atoms. The molecule has 0 unspecified atom stereocenters. The van der Waals surface area contributed by atoms with Gasteiger partial charge in [0.15, 0.2) is 19.6 Å². The first kappa shape index (κ1) is 14.3. The van der Waals surface area contributed by atoms with Crippen LogP contribution in [0, 0.1) is 0 Å². The van der Waals surface area contributed by atoms with Gasteiger partial charge in [-0.1, -0.05) is 0 Å². The number of aliphatic carboxylic acids is 3. The topological polar surface area (TPSA) is 138 Å². The van der Waals surface area contributed by atoms with Gasteiger partial charge in [-0.3, -0.25) is 4.48 Å². The second kappa shape index (κ2) is 6.03. The SMILES string of the molecule is NCC[N+](CC(=O)O)(CC(=O)O)CC(=O)O. The molecule has 0 radical (unpaired) electrons. The minimum Gasteiger partial charge on any atom is -0.477 e. The molecule has 0 aliphatic carbocycles. The molecule has 0 aromatic rings. The van der Waals surface area contributed by atoms with E-state index >= 15 is 0 Å². The highest BCUT2D eigenvalue weighted by atomic mass is 16.4. The highest BCUT2D eigenvalue weighted by Crippen LogP contribution is 2.06. The monoisotopic (exact) mass is 235 g/mol. The van der Waals surface area contributed by atoms with Crippen molar-refractivity contribution in [3.63, 3.8) is 0 Å². The van der Waals surface area contributed by atoms with Gasteiger partial charge in [-0.05, 0) is 0 Å². The van der Waals surface area contributed by atoms with Crippen LogP contribution in [0.3, 0.4) is 0 Å². The number of hydrogen-bond acceptors (Lipinski definition) is 4. The maximum atomic E-state index is 10.6. The van der Waals surface area contributed by atoms with Gasteiger partial charge in [-0.15, -0.1) is 0 Å². The van der Waals surface area contributed by atoms with Crippen LogP contribution in [-0.2, 0) is 14.4 Å². The Morgan fingerprint density at radius 2 is 1.19 bits per heavy atom. The molecule has 0 aromatic heterocycles. The van der Waals surface area contributed by atoms with Crippen molar-refractivity contribution in [3.05, 3.63) is 0 Å². The lowest BCUT2D eigenvalue weighted by Crippen LogP contribution is -2.58. The number of carboxylic acid groups (broad SMARTS) is 3. The predicted molar refractivity (Wildman–Crippen MR) is 51.7 cm³/mol. The minimum absolute atomic E-state index is 0.00903. The number of carboxylic acids is 3. The third-order valence-electron chi connectivity index (χ3n) is 2.02. The number of nitrogens with zero attached hydrogens (tertiary/aromatic N) is 1. The Morgan fingerprint density at radius 3 is 1.38 bits per heavy atom. The molecule has 0 aromatic carbocycles. The fraction of sp³-hybridized carbons (Fsp3) is 0.625. The molecule has 0 rings (SSSR count). The van der Waals surface area contributed by atoms with Crippen molar-refractivity contribution in [2.75, 3.05) is 32.7 Å². The number of hydrogen-bond donors (Lipinski definition) is 4. The van der Waals surface area contributed by atoms with Gasteiger partial charge in [-0.25, -0.2) is 14.4 Å². The van der Waals surface area contributed by atoms with Gasteiger partial charge in [0, 0.05) is 6.54 Å². The molecule has 0 saturated heterocycles. The Morgan fingerprint density at radius 1 is 0.875 bits per heavy atom. The van der Waals surface area contributed by atoms with Crippen molar-refractivity contribution in [2.45, 2.75) is 0 Å². The van der Waals surface area contributed by atoms with Crippen molar-refractivity contribution >= 4 is 17.9 Å². The summed E-state index contributed by atoms with van der Waals surface area (Å²) in [4.78, 5) is 31.8. The lowest BCUT2D eigenvalue weighted by molar-refractivity contribution is -0.906. The molecule has 0 amide bonds. The zero-order valence-electron chi connectivity index (χ0n) is 8.63. The summed E-state index contributed by atoms with van der Waals surface area (Å²) in [5.74, 6) is -3.76. The second-order valence-electron chi connectivity index (χ2n) is 3.51. The van der Waals surface area contributed by atoms with E-state index in [1.165, 1.54) is 0 Å². The van der Waals surface area contributed by atoms with E-state index in [0.717, 1.165) is 0 Å². The Kier molecular flexibility index (Phi) is 5.40.